The number of hydrogen-bond donors (Lipinski definition) is 1. The highest BCUT2D eigenvalue weighted by molar-refractivity contribution is 7.13. The predicted octanol–water partition coefficient (Wildman–Crippen LogP) is 2.68. The zero-order valence-electron chi connectivity index (χ0n) is 15.3. The van der Waals surface area contributed by atoms with E-state index in [1.54, 1.807) is 30.5 Å². The van der Waals surface area contributed by atoms with Crippen LogP contribution in [-0.4, -0.2) is 30.1 Å². The van der Waals surface area contributed by atoms with E-state index < -0.39 is 11.5 Å². The molecule has 0 aliphatic carbocycles. The van der Waals surface area contributed by atoms with Gasteiger partial charge in [0.05, 0.1) is 18.7 Å². The number of anilines is 1. The second-order valence-electron chi connectivity index (χ2n) is 5.87. The predicted molar refractivity (Wildman–Crippen MR) is 104 cm³/mol. The molecule has 0 aliphatic rings. The Morgan fingerprint density at radius 3 is 2.89 bits per heavy atom. The van der Waals surface area contributed by atoms with Gasteiger partial charge in [0.1, 0.15) is 11.3 Å². The summed E-state index contributed by atoms with van der Waals surface area (Å²) < 4.78 is 15.5. The zero-order chi connectivity index (χ0) is 20.1. The van der Waals surface area contributed by atoms with Gasteiger partial charge in [-0.05, 0) is 31.5 Å². The minimum absolute atomic E-state index is 0.0540. The molecule has 0 fully saturated rings. The minimum Gasteiger partial charge on any atom is -0.484 e. The van der Waals surface area contributed by atoms with Crippen molar-refractivity contribution in [2.75, 3.05) is 18.5 Å². The SMILES string of the molecule is CCOC(=O)Cc1csc(NC(=O)COc2ccc3c(C)cc(=O)oc3c2)n1. The van der Waals surface area contributed by atoms with Crippen molar-refractivity contribution in [1.29, 1.82) is 0 Å². The molecule has 0 saturated heterocycles. The van der Waals surface area contributed by atoms with E-state index in [9.17, 15) is 14.4 Å². The lowest BCUT2D eigenvalue weighted by Gasteiger charge is -2.07. The molecule has 0 spiro atoms. The third-order valence-corrected chi connectivity index (χ3v) is 4.53. The van der Waals surface area contributed by atoms with Crippen molar-refractivity contribution in [1.82, 2.24) is 4.98 Å². The van der Waals surface area contributed by atoms with E-state index in [-0.39, 0.29) is 19.0 Å². The smallest absolute Gasteiger partial charge is 0.336 e. The van der Waals surface area contributed by atoms with Gasteiger partial charge in [0.2, 0.25) is 0 Å². The maximum Gasteiger partial charge on any atom is 0.336 e. The van der Waals surface area contributed by atoms with Crippen molar-refractivity contribution in [2.45, 2.75) is 20.3 Å². The summed E-state index contributed by atoms with van der Waals surface area (Å²) in [5.74, 6) is -0.367. The average molecular weight is 402 g/mol. The third kappa shape index (κ3) is 4.95. The van der Waals surface area contributed by atoms with Crippen molar-refractivity contribution < 1.29 is 23.5 Å². The summed E-state index contributed by atoms with van der Waals surface area (Å²) in [6, 6.07) is 6.45. The molecule has 1 N–H and O–H groups in total. The summed E-state index contributed by atoms with van der Waals surface area (Å²) in [6.07, 6.45) is 0.0540. The molecule has 1 amide bonds. The molecule has 8 nitrogen and oxygen atoms in total. The van der Waals surface area contributed by atoms with Gasteiger partial charge in [0, 0.05) is 22.9 Å². The monoisotopic (exact) mass is 402 g/mol. The summed E-state index contributed by atoms with van der Waals surface area (Å²) in [5, 5.41) is 5.46. The lowest BCUT2D eigenvalue weighted by molar-refractivity contribution is -0.142. The number of amides is 1. The van der Waals surface area contributed by atoms with Crippen molar-refractivity contribution in [3.8, 4) is 5.75 Å². The molecule has 0 saturated carbocycles. The number of hydrogen-bond acceptors (Lipinski definition) is 8. The molecule has 0 aliphatic heterocycles. The third-order valence-electron chi connectivity index (χ3n) is 3.72. The molecule has 0 bridgehead atoms. The van der Waals surface area contributed by atoms with E-state index in [0.29, 0.717) is 28.8 Å². The van der Waals surface area contributed by atoms with E-state index in [0.717, 1.165) is 10.9 Å². The number of carbonyl (C=O) groups is 2. The van der Waals surface area contributed by atoms with Gasteiger partial charge in [-0.25, -0.2) is 9.78 Å². The summed E-state index contributed by atoms with van der Waals surface area (Å²) in [7, 11) is 0. The lowest BCUT2D eigenvalue weighted by Crippen LogP contribution is -2.20. The van der Waals surface area contributed by atoms with Gasteiger partial charge in [0.15, 0.2) is 11.7 Å². The standard InChI is InChI=1S/C19H18N2O6S/c1-3-25-17(23)7-12-10-28-19(20-12)21-16(22)9-26-13-4-5-14-11(2)6-18(24)27-15(14)8-13/h4-6,8,10H,3,7,9H2,1-2H3,(H,20,21,22). The Labute approximate surface area is 164 Å². The first kappa shape index (κ1) is 19.6. The normalized spacial score (nSPS) is 10.6. The second-order valence-corrected chi connectivity index (χ2v) is 6.73. The number of aryl methyl sites for hydroxylation is 1. The average Bonchev–Trinajstić information content (AvgIpc) is 3.06. The molecule has 2 aromatic heterocycles. The van der Waals surface area contributed by atoms with Crippen LogP contribution in [0, 0.1) is 6.92 Å². The van der Waals surface area contributed by atoms with Gasteiger partial charge in [-0.15, -0.1) is 11.3 Å². The van der Waals surface area contributed by atoms with E-state index in [2.05, 4.69) is 10.3 Å². The largest absolute Gasteiger partial charge is 0.484 e. The fourth-order valence-corrected chi connectivity index (χ4v) is 3.23. The first-order valence-electron chi connectivity index (χ1n) is 8.52. The Morgan fingerprint density at radius 1 is 1.29 bits per heavy atom. The van der Waals surface area contributed by atoms with Crippen LogP contribution in [0.2, 0.25) is 0 Å². The highest BCUT2D eigenvalue weighted by Crippen LogP contribution is 2.22. The molecule has 3 rings (SSSR count). The van der Waals surface area contributed by atoms with E-state index in [1.807, 2.05) is 6.92 Å². The first-order chi connectivity index (χ1) is 13.4. The lowest BCUT2D eigenvalue weighted by atomic mass is 10.1. The van der Waals surface area contributed by atoms with Gasteiger partial charge in [0.25, 0.3) is 5.91 Å². The number of benzene rings is 1. The summed E-state index contributed by atoms with van der Waals surface area (Å²) in [6.45, 7) is 3.61. The molecule has 3 aromatic rings. The number of ether oxygens (including phenoxy) is 2. The Morgan fingerprint density at radius 2 is 2.11 bits per heavy atom. The Hall–Kier alpha value is -3.20. The molecule has 146 valence electrons. The molecule has 28 heavy (non-hydrogen) atoms. The number of aromatic nitrogens is 1. The molecule has 1 aromatic carbocycles. The Kier molecular flexibility index (Phi) is 6.05. The summed E-state index contributed by atoms with van der Waals surface area (Å²) in [5.41, 5.74) is 1.28. The maximum atomic E-state index is 12.1. The molecule has 0 atom stereocenters. The molecule has 0 radical (unpaired) electrons. The first-order valence-corrected chi connectivity index (χ1v) is 9.39. The van der Waals surface area contributed by atoms with Gasteiger partial charge in [-0.2, -0.15) is 0 Å². The van der Waals surface area contributed by atoms with Crippen LogP contribution >= 0.6 is 11.3 Å². The van der Waals surface area contributed by atoms with Crippen LogP contribution in [0.5, 0.6) is 5.75 Å². The van der Waals surface area contributed by atoms with Crippen LogP contribution in [0.15, 0.2) is 38.9 Å². The number of thiazole rings is 1. The van der Waals surface area contributed by atoms with Gasteiger partial charge < -0.3 is 13.9 Å². The van der Waals surface area contributed by atoms with Crippen LogP contribution in [-0.2, 0) is 20.7 Å². The topological polar surface area (TPSA) is 108 Å². The summed E-state index contributed by atoms with van der Waals surface area (Å²) >= 11 is 1.21. The fourth-order valence-electron chi connectivity index (χ4n) is 2.50. The van der Waals surface area contributed by atoms with Crippen LogP contribution in [0.3, 0.4) is 0 Å². The molecule has 0 unspecified atom stereocenters. The second kappa shape index (κ2) is 8.66. The molecule has 9 heteroatoms. The number of rotatable bonds is 7. The number of esters is 1. The number of fused-ring (bicyclic) bond motifs is 1. The molecule has 2 heterocycles. The molecular weight excluding hydrogens is 384 g/mol. The minimum atomic E-state index is -0.442. The quantitative estimate of drug-likeness (QED) is 0.478. The van der Waals surface area contributed by atoms with Crippen molar-refractivity contribution >= 4 is 39.3 Å². The van der Waals surface area contributed by atoms with Crippen LogP contribution in [0.25, 0.3) is 11.0 Å². The van der Waals surface area contributed by atoms with Gasteiger partial charge in [-0.3, -0.25) is 14.9 Å². The Bertz CT molecular complexity index is 1070. The number of nitrogens with one attached hydrogen (secondary N) is 1. The van der Waals surface area contributed by atoms with E-state index in [1.165, 1.54) is 17.4 Å². The fraction of sp³-hybridized carbons (Fsp3) is 0.263. The van der Waals surface area contributed by atoms with Gasteiger partial charge in [-0.1, -0.05) is 0 Å². The zero-order valence-corrected chi connectivity index (χ0v) is 16.1. The highest BCUT2D eigenvalue weighted by atomic mass is 32.1. The maximum absolute atomic E-state index is 12.1. The van der Waals surface area contributed by atoms with E-state index >= 15 is 0 Å². The van der Waals surface area contributed by atoms with Gasteiger partial charge >= 0.3 is 11.6 Å². The highest BCUT2D eigenvalue weighted by Gasteiger charge is 2.11. The van der Waals surface area contributed by atoms with Crippen molar-refractivity contribution in [3.05, 3.63) is 51.3 Å². The number of carbonyl (C=O) groups excluding carboxylic acids is 2. The van der Waals surface area contributed by atoms with Crippen molar-refractivity contribution in [3.63, 3.8) is 0 Å². The summed E-state index contributed by atoms with van der Waals surface area (Å²) in [4.78, 5) is 39.2. The molecular formula is C19H18N2O6S. The van der Waals surface area contributed by atoms with Crippen LogP contribution in [0.4, 0.5) is 5.13 Å². The van der Waals surface area contributed by atoms with Crippen LogP contribution < -0.4 is 15.7 Å². The van der Waals surface area contributed by atoms with E-state index in [4.69, 9.17) is 13.9 Å². The Balaban J connectivity index is 1.57. The van der Waals surface area contributed by atoms with Crippen molar-refractivity contribution in [2.24, 2.45) is 0 Å². The number of nitrogens with zero attached hydrogens (tertiary/aromatic N) is 1. The van der Waals surface area contributed by atoms with Crippen LogP contribution in [0.1, 0.15) is 18.2 Å².